The maximum atomic E-state index is 12.1. The summed E-state index contributed by atoms with van der Waals surface area (Å²) in [5.74, 6) is -0.178. The summed E-state index contributed by atoms with van der Waals surface area (Å²) in [4.78, 5) is 12.1. The Morgan fingerprint density at radius 2 is 1.84 bits per heavy atom. The molecule has 1 nitrogen and oxygen atoms in total. The predicted octanol–water partition coefficient (Wildman–Crippen LogP) is 5.65. The molecule has 0 saturated carbocycles. The maximum Gasteiger partial charge on any atom is 0.187 e. The van der Waals surface area contributed by atoms with Gasteiger partial charge >= 0.3 is 0 Å². The highest BCUT2D eigenvalue weighted by Crippen LogP contribution is 2.22. The van der Waals surface area contributed by atoms with Gasteiger partial charge in [0.1, 0.15) is 0 Å². The van der Waals surface area contributed by atoms with Gasteiger partial charge in [-0.25, -0.2) is 0 Å². The van der Waals surface area contributed by atoms with Crippen LogP contribution in [-0.4, -0.2) is 5.78 Å². The summed E-state index contributed by atoms with van der Waals surface area (Å²) in [6.07, 6.45) is 3.22. The second-order valence-electron chi connectivity index (χ2n) is 3.84. The lowest BCUT2D eigenvalue weighted by molar-refractivity contribution is 0.104. The van der Waals surface area contributed by atoms with E-state index in [1.54, 1.807) is 24.3 Å². The minimum Gasteiger partial charge on any atom is -0.289 e. The van der Waals surface area contributed by atoms with Crippen molar-refractivity contribution in [1.29, 1.82) is 0 Å². The van der Waals surface area contributed by atoms with E-state index in [1.807, 2.05) is 24.3 Å². The summed E-state index contributed by atoms with van der Waals surface area (Å²) >= 11 is 15.3. The zero-order valence-electron chi connectivity index (χ0n) is 9.74. The smallest absolute Gasteiger partial charge is 0.187 e. The third kappa shape index (κ3) is 3.69. The SMILES string of the molecule is O=C(/C=C/c1ccccc1Br)c1cc(Cl)ccc1Cl. The van der Waals surface area contributed by atoms with Crippen LogP contribution in [0.4, 0.5) is 0 Å². The molecule has 0 spiro atoms. The summed E-state index contributed by atoms with van der Waals surface area (Å²) in [7, 11) is 0. The zero-order valence-corrected chi connectivity index (χ0v) is 12.8. The average molecular weight is 356 g/mol. The van der Waals surface area contributed by atoms with Gasteiger partial charge in [0.05, 0.1) is 5.02 Å². The highest BCUT2D eigenvalue weighted by molar-refractivity contribution is 9.10. The first-order valence-corrected chi connectivity index (χ1v) is 7.05. The maximum absolute atomic E-state index is 12.1. The van der Waals surface area contributed by atoms with E-state index in [0.29, 0.717) is 15.6 Å². The Morgan fingerprint density at radius 3 is 2.58 bits per heavy atom. The number of rotatable bonds is 3. The van der Waals surface area contributed by atoms with Crippen molar-refractivity contribution < 1.29 is 4.79 Å². The fraction of sp³-hybridized carbons (Fsp3) is 0. The van der Waals surface area contributed by atoms with E-state index >= 15 is 0 Å². The van der Waals surface area contributed by atoms with Gasteiger partial charge in [0.15, 0.2) is 5.78 Å². The van der Waals surface area contributed by atoms with E-state index in [1.165, 1.54) is 6.08 Å². The first-order valence-electron chi connectivity index (χ1n) is 5.50. The molecular formula is C15H9BrCl2O. The van der Waals surface area contributed by atoms with Crippen molar-refractivity contribution in [2.75, 3.05) is 0 Å². The third-order valence-electron chi connectivity index (χ3n) is 2.51. The Labute approximate surface area is 130 Å². The van der Waals surface area contributed by atoms with Crippen molar-refractivity contribution >= 4 is 51.0 Å². The Hall–Kier alpha value is -1.09. The second kappa shape index (κ2) is 6.38. The van der Waals surface area contributed by atoms with E-state index in [2.05, 4.69) is 15.9 Å². The first kappa shape index (κ1) is 14.3. The van der Waals surface area contributed by atoms with Crippen molar-refractivity contribution in [1.82, 2.24) is 0 Å². The summed E-state index contributed by atoms with van der Waals surface area (Å²) in [6.45, 7) is 0. The number of ketones is 1. The first-order chi connectivity index (χ1) is 9.08. The van der Waals surface area contributed by atoms with E-state index in [4.69, 9.17) is 23.2 Å². The van der Waals surface area contributed by atoms with Crippen LogP contribution in [0, 0.1) is 0 Å². The molecule has 0 aliphatic rings. The van der Waals surface area contributed by atoms with Crippen LogP contribution >= 0.6 is 39.1 Å². The summed E-state index contributed by atoms with van der Waals surface area (Å²) in [5, 5.41) is 0.883. The number of carbonyl (C=O) groups is 1. The molecule has 0 atom stereocenters. The fourth-order valence-electron chi connectivity index (χ4n) is 1.55. The predicted molar refractivity (Wildman–Crippen MR) is 84.0 cm³/mol. The number of hydrogen-bond donors (Lipinski definition) is 0. The molecule has 96 valence electrons. The average Bonchev–Trinajstić information content (AvgIpc) is 2.40. The van der Waals surface area contributed by atoms with Crippen LogP contribution in [0.1, 0.15) is 15.9 Å². The van der Waals surface area contributed by atoms with Gasteiger partial charge in [-0.05, 0) is 42.0 Å². The summed E-state index contributed by atoms with van der Waals surface area (Å²) < 4.78 is 0.927. The molecule has 2 aromatic carbocycles. The number of benzene rings is 2. The van der Waals surface area contributed by atoms with Gasteiger partial charge in [0, 0.05) is 15.1 Å². The molecule has 0 heterocycles. The molecule has 0 fully saturated rings. The van der Waals surface area contributed by atoms with Crippen LogP contribution in [0.3, 0.4) is 0 Å². The lowest BCUT2D eigenvalue weighted by Crippen LogP contribution is -1.95. The Morgan fingerprint density at radius 1 is 1.11 bits per heavy atom. The van der Waals surface area contributed by atoms with Crippen LogP contribution in [0.2, 0.25) is 10.0 Å². The van der Waals surface area contributed by atoms with E-state index in [9.17, 15) is 4.79 Å². The number of halogens is 3. The van der Waals surface area contributed by atoms with Gasteiger partial charge in [-0.15, -0.1) is 0 Å². The van der Waals surface area contributed by atoms with Crippen molar-refractivity contribution in [3.8, 4) is 0 Å². The molecule has 0 aliphatic heterocycles. The van der Waals surface area contributed by atoms with Gasteiger partial charge in [-0.3, -0.25) is 4.79 Å². The molecule has 0 bridgehead atoms. The summed E-state index contributed by atoms with van der Waals surface area (Å²) in [5.41, 5.74) is 1.33. The van der Waals surface area contributed by atoms with E-state index in [-0.39, 0.29) is 5.78 Å². The lowest BCUT2D eigenvalue weighted by Gasteiger charge is -2.01. The fourth-order valence-corrected chi connectivity index (χ4v) is 2.35. The van der Waals surface area contributed by atoms with Gasteiger partial charge in [-0.1, -0.05) is 57.3 Å². The van der Waals surface area contributed by atoms with E-state index in [0.717, 1.165) is 10.0 Å². The van der Waals surface area contributed by atoms with Crippen molar-refractivity contribution in [3.05, 3.63) is 74.2 Å². The van der Waals surface area contributed by atoms with Crippen LogP contribution in [0.5, 0.6) is 0 Å². The monoisotopic (exact) mass is 354 g/mol. The third-order valence-corrected chi connectivity index (χ3v) is 3.80. The molecule has 0 saturated heterocycles. The van der Waals surface area contributed by atoms with Gasteiger partial charge in [-0.2, -0.15) is 0 Å². The quantitative estimate of drug-likeness (QED) is 0.513. The molecule has 0 amide bonds. The molecule has 0 radical (unpaired) electrons. The van der Waals surface area contributed by atoms with E-state index < -0.39 is 0 Å². The number of carbonyl (C=O) groups excluding carboxylic acids is 1. The van der Waals surface area contributed by atoms with Gasteiger partial charge in [0.25, 0.3) is 0 Å². The zero-order chi connectivity index (χ0) is 13.8. The molecular weight excluding hydrogens is 347 g/mol. The summed E-state index contributed by atoms with van der Waals surface area (Å²) in [6, 6.07) is 12.5. The molecule has 0 aromatic heterocycles. The minimum atomic E-state index is -0.178. The standard InChI is InChI=1S/C15H9BrCl2O/c16-13-4-2-1-3-10(13)5-8-15(19)12-9-11(17)6-7-14(12)18/h1-9H/b8-5+. The normalized spacial score (nSPS) is 10.9. The number of hydrogen-bond acceptors (Lipinski definition) is 1. The Bertz CT molecular complexity index is 650. The molecule has 19 heavy (non-hydrogen) atoms. The topological polar surface area (TPSA) is 17.1 Å². The highest BCUT2D eigenvalue weighted by Gasteiger charge is 2.08. The highest BCUT2D eigenvalue weighted by atomic mass is 79.9. The van der Waals surface area contributed by atoms with Crippen molar-refractivity contribution in [3.63, 3.8) is 0 Å². The van der Waals surface area contributed by atoms with Crippen LogP contribution in [-0.2, 0) is 0 Å². The Balaban J connectivity index is 2.26. The molecule has 2 rings (SSSR count). The van der Waals surface area contributed by atoms with Crippen molar-refractivity contribution in [2.24, 2.45) is 0 Å². The van der Waals surface area contributed by atoms with Crippen LogP contribution in [0.15, 0.2) is 53.0 Å². The largest absolute Gasteiger partial charge is 0.289 e. The lowest BCUT2D eigenvalue weighted by atomic mass is 10.1. The van der Waals surface area contributed by atoms with Crippen LogP contribution < -0.4 is 0 Å². The van der Waals surface area contributed by atoms with Crippen molar-refractivity contribution in [2.45, 2.75) is 0 Å². The molecule has 0 aliphatic carbocycles. The van der Waals surface area contributed by atoms with Crippen LogP contribution in [0.25, 0.3) is 6.08 Å². The van der Waals surface area contributed by atoms with Gasteiger partial charge < -0.3 is 0 Å². The van der Waals surface area contributed by atoms with Gasteiger partial charge in [0.2, 0.25) is 0 Å². The second-order valence-corrected chi connectivity index (χ2v) is 5.54. The molecule has 0 N–H and O–H groups in total. The number of allylic oxidation sites excluding steroid dienone is 1. The minimum absolute atomic E-state index is 0.178. The molecule has 4 heteroatoms. The molecule has 0 unspecified atom stereocenters. The molecule has 2 aromatic rings. The Kier molecular flexibility index (Phi) is 4.81.